The zero-order chi connectivity index (χ0) is 11.9. The monoisotopic (exact) mass is 218 g/mol. The molecule has 0 atom stereocenters. The van der Waals surface area contributed by atoms with Crippen molar-refractivity contribution in [3.8, 4) is 0 Å². The lowest BCUT2D eigenvalue weighted by Gasteiger charge is -2.15. The highest BCUT2D eigenvalue weighted by molar-refractivity contribution is 6.07. The number of nitrogens with two attached hydrogens (primary N) is 1. The van der Waals surface area contributed by atoms with Gasteiger partial charge in [-0.3, -0.25) is 9.59 Å². The topological polar surface area (TPSA) is 72.2 Å². The Balaban J connectivity index is 2.52. The number of nitrogens with one attached hydrogen (secondary N) is 1. The van der Waals surface area contributed by atoms with E-state index in [9.17, 15) is 9.59 Å². The third-order valence-corrected chi connectivity index (χ3v) is 3.02. The molecule has 84 valence electrons. The van der Waals surface area contributed by atoms with E-state index >= 15 is 0 Å². The molecule has 16 heavy (non-hydrogen) atoms. The average Bonchev–Trinajstić information content (AvgIpc) is 2.49. The molecule has 0 aliphatic carbocycles. The Morgan fingerprint density at radius 1 is 1.44 bits per heavy atom. The summed E-state index contributed by atoms with van der Waals surface area (Å²) in [6.07, 6.45) is 0. The summed E-state index contributed by atoms with van der Waals surface area (Å²) in [7, 11) is 0. The largest absolute Gasteiger partial charge is 0.325 e. The summed E-state index contributed by atoms with van der Waals surface area (Å²) in [4.78, 5) is 23.2. The summed E-state index contributed by atoms with van der Waals surface area (Å²) in [6, 6.07) is 5.20. The van der Waals surface area contributed by atoms with Gasteiger partial charge in [0.05, 0.1) is 12.0 Å². The van der Waals surface area contributed by atoms with Crippen LogP contribution in [0.25, 0.3) is 0 Å². The Labute approximate surface area is 93.8 Å². The first-order valence-electron chi connectivity index (χ1n) is 5.16. The first-order valence-corrected chi connectivity index (χ1v) is 5.16. The Kier molecular flexibility index (Phi) is 2.31. The van der Waals surface area contributed by atoms with E-state index in [2.05, 4.69) is 5.32 Å². The molecule has 3 N–H and O–H groups in total. The fourth-order valence-electron chi connectivity index (χ4n) is 1.86. The quantitative estimate of drug-likeness (QED) is 0.729. The molecule has 1 aliphatic heterocycles. The Bertz CT molecular complexity index is 478. The number of hydrogen-bond donors (Lipinski definition) is 2. The number of hydrogen-bond acceptors (Lipinski definition) is 3. The molecular weight excluding hydrogens is 204 g/mol. The number of amides is 1. The van der Waals surface area contributed by atoms with Crippen molar-refractivity contribution < 1.29 is 9.59 Å². The summed E-state index contributed by atoms with van der Waals surface area (Å²) in [5, 5.41) is 2.79. The fraction of sp³-hybridized carbons (Fsp3) is 0.333. The third-order valence-electron chi connectivity index (χ3n) is 3.02. The van der Waals surface area contributed by atoms with Gasteiger partial charge in [0.25, 0.3) is 0 Å². The Hall–Kier alpha value is -1.68. The van der Waals surface area contributed by atoms with Crippen LogP contribution in [0.15, 0.2) is 18.2 Å². The van der Waals surface area contributed by atoms with Crippen molar-refractivity contribution in [1.29, 1.82) is 0 Å². The van der Waals surface area contributed by atoms with Gasteiger partial charge < -0.3 is 11.1 Å². The highest BCUT2D eigenvalue weighted by atomic mass is 16.2. The van der Waals surface area contributed by atoms with Crippen molar-refractivity contribution in [2.75, 3.05) is 11.9 Å². The van der Waals surface area contributed by atoms with Crippen molar-refractivity contribution in [2.45, 2.75) is 19.3 Å². The van der Waals surface area contributed by atoms with Crippen LogP contribution >= 0.6 is 0 Å². The first-order chi connectivity index (χ1) is 7.46. The summed E-state index contributed by atoms with van der Waals surface area (Å²) in [5.74, 6) is -0.155. The van der Waals surface area contributed by atoms with Gasteiger partial charge in [0.1, 0.15) is 0 Å². The maximum atomic E-state index is 11.7. The smallest absolute Gasteiger partial charge is 0.234 e. The normalized spacial score (nSPS) is 16.8. The Morgan fingerprint density at radius 2 is 2.12 bits per heavy atom. The lowest BCUT2D eigenvalue weighted by molar-refractivity contribution is -0.119. The second-order valence-electron chi connectivity index (χ2n) is 4.47. The van der Waals surface area contributed by atoms with Crippen LogP contribution in [0.5, 0.6) is 0 Å². The molecule has 0 unspecified atom stereocenters. The van der Waals surface area contributed by atoms with E-state index in [1.165, 1.54) is 0 Å². The summed E-state index contributed by atoms with van der Waals surface area (Å²) in [5.41, 5.74) is 6.93. The van der Waals surface area contributed by atoms with E-state index in [1.807, 2.05) is 13.8 Å². The minimum absolute atomic E-state index is 0.0133. The van der Waals surface area contributed by atoms with Gasteiger partial charge in [-0.2, -0.15) is 0 Å². The zero-order valence-electron chi connectivity index (χ0n) is 9.33. The van der Waals surface area contributed by atoms with Crippen LogP contribution in [0.2, 0.25) is 0 Å². The van der Waals surface area contributed by atoms with Gasteiger partial charge in [-0.1, -0.05) is 0 Å². The maximum Gasteiger partial charge on any atom is 0.234 e. The van der Waals surface area contributed by atoms with Gasteiger partial charge in [-0.15, -0.1) is 0 Å². The van der Waals surface area contributed by atoms with Crippen LogP contribution in [-0.4, -0.2) is 18.2 Å². The van der Waals surface area contributed by atoms with Crippen LogP contribution in [0.3, 0.4) is 0 Å². The SMILES string of the molecule is CC1(C)C(=O)Nc2ccc(C(=O)CN)cc21. The van der Waals surface area contributed by atoms with Gasteiger partial charge >= 0.3 is 0 Å². The van der Waals surface area contributed by atoms with E-state index in [0.29, 0.717) is 5.56 Å². The van der Waals surface area contributed by atoms with Crippen molar-refractivity contribution in [3.05, 3.63) is 29.3 Å². The van der Waals surface area contributed by atoms with E-state index < -0.39 is 5.41 Å². The number of anilines is 1. The standard InChI is InChI=1S/C12H14N2O2/c1-12(2)8-5-7(10(15)6-13)3-4-9(8)14-11(12)16/h3-5H,6,13H2,1-2H3,(H,14,16). The fourth-order valence-corrected chi connectivity index (χ4v) is 1.86. The number of benzene rings is 1. The minimum atomic E-state index is -0.583. The summed E-state index contributed by atoms with van der Waals surface area (Å²) < 4.78 is 0. The molecule has 0 spiro atoms. The third kappa shape index (κ3) is 1.42. The average molecular weight is 218 g/mol. The predicted octanol–water partition coefficient (Wildman–Crippen LogP) is 1.06. The first kappa shape index (κ1) is 10.8. The van der Waals surface area contributed by atoms with Crippen LogP contribution in [-0.2, 0) is 10.2 Å². The van der Waals surface area contributed by atoms with Gasteiger partial charge in [0.2, 0.25) is 5.91 Å². The maximum absolute atomic E-state index is 11.7. The predicted molar refractivity (Wildman–Crippen MR) is 61.5 cm³/mol. The van der Waals surface area contributed by atoms with Crippen molar-refractivity contribution in [3.63, 3.8) is 0 Å². The molecule has 4 heteroatoms. The van der Waals surface area contributed by atoms with Gasteiger partial charge in [0.15, 0.2) is 5.78 Å². The number of fused-ring (bicyclic) bond motifs is 1. The van der Waals surface area contributed by atoms with Crippen LogP contribution in [0.1, 0.15) is 29.8 Å². The van der Waals surface area contributed by atoms with E-state index in [0.717, 1.165) is 11.3 Å². The molecule has 0 aromatic heterocycles. The highest BCUT2D eigenvalue weighted by Gasteiger charge is 2.38. The summed E-state index contributed by atoms with van der Waals surface area (Å²) >= 11 is 0. The molecule has 1 aliphatic rings. The molecule has 0 bridgehead atoms. The molecule has 1 amide bonds. The molecule has 1 heterocycles. The van der Waals surface area contributed by atoms with Crippen LogP contribution in [0, 0.1) is 0 Å². The van der Waals surface area contributed by atoms with E-state index in [4.69, 9.17) is 5.73 Å². The molecule has 2 rings (SSSR count). The molecule has 1 aromatic carbocycles. The second-order valence-corrected chi connectivity index (χ2v) is 4.47. The number of rotatable bonds is 2. The number of ketones is 1. The van der Waals surface area contributed by atoms with Crippen LogP contribution in [0.4, 0.5) is 5.69 Å². The number of carbonyl (C=O) groups is 2. The molecule has 0 saturated carbocycles. The van der Waals surface area contributed by atoms with Gasteiger partial charge in [0, 0.05) is 11.3 Å². The number of carbonyl (C=O) groups excluding carboxylic acids is 2. The minimum Gasteiger partial charge on any atom is -0.325 e. The summed E-state index contributed by atoms with van der Waals surface area (Å²) in [6.45, 7) is 3.66. The lowest BCUT2D eigenvalue weighted by atomic mass is 9.85. The second kappa shape index (κ2) is 3.42. The van der Waals surface area contributed by atoms with Gasteiger partial charge in [-0.25, -0.2) is 0 Å². The molecule has 0 saturated heterocycles. The van der Waals surface area contributed by atoms with E-state index in [1.54, 1.807) is 18.2 Å². The van der Waals surface area contributed by atoms with Gasteiger partial charge in [-0.05, 0) is 37.6 Å². The molecule has 0 fully saturated rings. The van der Waals surface area contributed by atoms with E-state index in [-0.39, 0.29) is 18.2 Å². The van der Waals surface area contributed by atoms with Crippen molar-refractivity contribution in [2.24, 2.45) is 5.73 Å². The molecule has 4 nitrogen and oxygen atoms in total. The van der Waals surface area contributed by atoms with Crippen LogP contribution < -0.4 is 11.1 Å². The van der Waals surface area contributed by atoms with Crippen molar-refractivity contribution >= 4 is 17.4 Å². The molecular formula is C12H14N2O2. The highest BCUT2D eigenvalue weighted by Crippen LogP contribution is 2.37. The molecule has 1 aromatic rings. The molecule has 0 radical (unpaired) electrons. The lowest BCUT2D eigenvalue weighted by Crippen LogP contribution is -2.27. The zero-order valence-corrected chi connectivity index (χ0v) is 9.33. The van der Waals surface area contributed by atoms with Crippen molar-refractivity contribution in [1.82, 2.24) is 0 Å². The Morgan fingerprint density at radius 3 is 2.75 bits per heavy atom. The number of Topliss-reactive ketones (excluding diaryl/α,β-unsaturated/α-hetero) is 1.